The molecule has 10 heterocycles. The minimum Gasteiger partial charge on any atom is -1.00 e. The van der Waals surface area contributed by atoms with Crippen LogP contribution in [-0.4, -0.2) is 170 Å². The van der Waals surface area contributed by atoms with Gasteiger partial charge in [0.05, 0.1) is 38.5 Å². The van der Waals surface area contributed by atoms with Crippen molar-refractivity contribution >= 4 is 94.5 Å². The largest absolute Gasteiger partial charge is 1.00 e. The van der Waals surface area contributed by atoms with E-state index < -0.39 is 64.8 Å². The third kappa shape index (κ3) is 12.8. The molecule has 8 aromatic heterocycles. The molecule has 2 aliphatic carbocycles. The van der Waals surface area contributed by atoms with Crippen LogP contribution < -0.4 is 72.5 Å². The van der Waals surface area contributed by atoms with Crippen molar-refractivity contribution in [1.82, 2.24) is 67.3 Å². The second kappa shape index (κ2) is 26.4. The third-order valence-electron chi connectivity index (χ3n) is 14.9. The van der Waals surface area contributed by atoms with Crippen LogP contribution >= 0.6 is 22.7 Å². The number of anilines is 4. The molecule has 2 saturated heterocycles. The number of thiazole rings is 2. The molecular weight excluding hydrogens is 1140 g/mol. The van der Waals surface area contributed by atoms with E-state index in [-0.39, 0.29) is 81.5 Å². The quantitative estimate of drug-likeness (QED) is 0.0645. The maximum absolute atomic E-state index is 13.3. The predicted molar refractivity (Wildman–Crippen MR) is 309 cm³/mol. The first kappa shape index (κ1) is 62.9. The predicted octanol–water partition coefficient (Wildman–Crippen LogP) is -2.50. The molecule has 4 aliphatic rings. The number of amides is 2. The number of hydrogen-bond acceptors (Lipinski definition) is 23. The van der Waals surface area contributed by atoms with E-state index in [1.165, 1.54) is 94.8 Å². The molecule has 2 saturated carbocycles. The number of ketones is 1. The summed E-state index contributed by atoms with van der Waals surface area (Å²) in [6.07, 6.45) is 11.2. The Labute approximate surface area is 511 Å². The number of imidazole rings is 2. The van der Waals surface area contributed by atoms with Crippen molar-refractivity contribution in [1.29, 1.82) is 0 Å². The zero-order valence-electron chi connectivity index (χ0n) is 48.3. The van der Waals surface area contributed by atoms with Gasteiger partial charge < -0.3 is 50.7 Å². The van der Waals surface area contributed by atoms with Gasteiger partial charge in [0.25, 0.3) is 11.1 Å². The summed E-state index contributed by atoms with van der Waals surface area (Å²) in [5, 5.41) is 27.4. The van der Waals surface area contributed by atoms with E-state index in [2.05, 4.69) is 60.3 Å². The Morgan fingerprint density at radius 3 is 1.48 bits per heavy atom. The van der Waals surface area contributed by atoms with Crippen LogP contribution in [0.15, 0.2) is 67.4 Å². The van der Waals surface area contributed by atoms with E-state index in [1.54, 1.807) is 49.4 Å². The number of carbonyl (C=O) groups excluding carboxylic acids is 3. The molecule has 4 N–H and O–H groups in total. The fourth-order valence-corrected chi connectivity index (χ4v) is 11.7. The molecule has 8 aromatic rings. The van der Waals surface area contributed by atoms with E-state index >= 15 is 0 Å². The van der Waals surface area contributed by atoms with Gasteiger partial charge in [-0.25, -0.2) is 49.5 Å². The van der Waals surface area contributed by atoms with Crippen LogP contribution in [-0.2, 0) is 51.0 Å². The molecule has 7 atom stereocenters. The average Bonchev–Trinajstić information content (AvgIpc) is 2.40. The zero-order valence-corrected chi connectivity index (χ0v) is 51.0. The number of fused-ring (bicyclic) bond motifs is 4. The van der Waals surface area contributed by atoms with Crippen molar-refractivity contribution in [3.05, 3.63) is 89.9 Å². The Morgan fingerprint density at radius 1 is 0.667 bits per heavy atom. The number of rotatable bonds is 18. The standard InChI is InChI=1S/C25H29N9O5S.C25H27N9O5S.CH4O.B.Na.H/c2*1-13(34-12-28-20-19(34)23(37)33(25(38)31(20)2)9-17(35)10-39-3)21(36)29-18-11-40-22(30-18)16-5-26-24(27-6-16)32-7-14-4-15(14)8-32;1-2;;;/h5-6,11-15,17,35H,4,7-10H2,1-3H3,(H,29,36);5-6,11-15H,4,7-10H2,1-3H3,(H,29,36);2H,1H3;;;/q;;;;+1;-1/t13-,14?,15?,17?;13-,14?,15?;;;;/m00..../s1. The molecule has 5 unspecified atom stereocenters. The number of hydrogen-bond donors (Lipinski definition) is 4. The molecule has 2 amide bonds. The fourth-order valence-electron chi connectivity index (χ4n) is 10.3. The van der Waals surface area contributed by atoms with Gasteiger partial charge in [-0.3, -0.25) is 42.2 Å². The van der Waals surface area contributed by atoms with Crippen LogP contribution in [0.25, 0.3) is 43.5 Å². The summed E-state index contributed by atoms with van der Waals surface area (Å²) < 4.78 is 16.6. The van der Waals surface area contributed by atoms with Gasteiger partial charge in [-0.15, -0.1) is 22.7 Å². The number of aliphatic hydroxyl groups excluding tert-OH is 2. The topological polar surface area (TPSA) is 342 Å². The maximum atomic E-state index is 13.3. The van der Waals surface area contributed by atoms with E-state index in [9.17, 15) is 38.7 Å². The summed E-state index contributed by atoms with van der Waals surface area (Å²) in [7, 11) is 6.69. The SMILES string of the molecule is CO.COCC(=O)Cn1c(=O)c2c(ncn2[C@@H](C)C(=O)Nc2csc(-c3cnc(N4CC5CC5C4)nc3)n2)n(C)c1=O.COCC(O)Cn1c(=O)c2c(ncn2[C@@H](C)C(=O)Nc2csc(-c3cnc(N4CC5CC5C4)nc3)n2)n(C)c1=O.[B].[H-].[Na+]. The van der Waals surface area contributed by atoms with Gasteiger partial charge in [-0.1, -0.05) is 0 Å². The first-order valence-corrected chi connectivity index (χ1v) is 27.9. The van der Waals surface area contributed by atoms with Crippen LogP contribution in [0.5, 0.6) is 0 Å². The van der Waals surface area contributed by atoms with Gasteiger partial charge in [-0.2, -0.15) is 0 Å². The number of piperidine rings is 2. The Bertz CT molecular complexity index is 3940. The van der Waals surface area contributed by atoms with E-state index in [0.717, 1.165) is 89.1 Å². The van der Waals surface area contributed by atoms with Crippen LogP contribution in [0.3, 0.4) is 0 Å². The zero-order chi connectivity index (χ0) is 58.3. The normalized spacial score (nSPS) is 18.2. The Kier molecular flexibility index (Phi) is 19.8. The fraction of sp³-hybridized carbons (Fsp3) is 0.471. The Morgan fingerprint density at radius 2 is 1.07 bits per heavy atom. The molecule has 3 radical (unpaired) electrons. The molecule has 29 nitrogen and oxygen atoms in total. The first-order valence-electron chi connectivity index (χ1n) is 26.1. The van der Waals surface area contributed by atoms with Gasteiger partial charge in [0.15, 0.2) is 28.1 Å². The molecule has 0 aromatic carbocycles. The summed E-state index contributed by atoms with van der Waals surface area (Å²) in [5.41, 5.74) is -0.843. The number of aromatic nitrogens is 14. The molecule has 437 valence electrons. The van der Waals surface area contributed by atoms with Crippen LogP contribution in [0, 0.1) is 23.7 Å². The second-order valence-electron chi connectivity index (χ2n) is 20.5. The monoisotopic (exact) mass is 1200 g/mol. The molecule has 0 bridgehead atoms. The van der Waals surface area contributed by atoms with Crippen molar-refractivity contribution < 1.29 is 65.1 Å². The molecular formula is C51H61BN18NaO11S2. The summed E-state index contributed by atoms with van der Waals surface area (Å²) >= 11 is 2.70. The third-order valence-corrected chi connectivity index (χ3v) is 16.7. The van der Waals surface area contributed by atoms with Crippen LogP contribution in [0.2, 0.25) is 0 Å². The molecule has 2 aliphatic heterocycles. The van der Waals surface area contributed by atoms with Crippen molar-refractivity contribution in [2.24, 2.45) is 37.8 Å². The second-order valence-corrected chi connectivity index (χ2v) is 22.2. The molecule has 33 heteroatoms. The van der Waals surface area contributed by atoms with Gasteiger partial charge in [-0.05, 0) is 50.4 Å². The Hall–Kier alpha value is -7.17. The summed E-state index contributed by atoms with van der Waals surface area (Å²) in [6, 6.07) is -1.73. The van der Waals surface area contributed by atoms with Gasteiger partial charge >= 0.3 is 40.9 Å². The van der Waals surface area contributed by atoms with Crippen LogP contribution in [0.1, 0.15) is 40.2 Å². The van der Waals surface area contributed by atoms with E-state index in [4.69, 9.17) is 14.6 Å². The first-order chi connectivity index (χ1) is 39.5. The smallest absolute Gasteiger partial charge is 1.00 e. The molecule has 0 spiro atoms. The van der Waals surface area contributed by atoms with E-state index in [0.29, 0.717) is 21.7 Å². The van der Waals surface area contributed by atoms with Crippen LogP contribution in [0.4, 0.5) is 23.5 Å². The average molecular weight is 1200 g/mol. The number of carbonyl (C=O) groups is 3. The number of methoxy groups -OCH3 is 2. The number of aliphatic hydroxyl groups is 2. The molecule has 84 heavy (non-hydrogen) atoms. The number of nitrogens with one attached hydrogen (secondary N) is 2. The number of aryl methyl sites for hydroxylation is 2. The minimum atomic E-state index is -1.06. The maximum Gasteiger partial charge on any atom is 1.00 e. The van der Waals surface area contributed by atoms with Crippen molar-refractivity contribution in [3.8, 4) is 21.1 Å². The van der Waals surface area contributed by atoms with Gasteiger partial charge in [0.2, 0.25) is 23.7 Å². The number of nitrogens with zero attached hydrogens (tertiary/aromatic N) is 16. The summed E-state index contributed by atoms with van der Waals surface area (Å²) in [6.45, 7) is 6.28. The van der Waals surface area contributed by atoms with Gasteiger partial charge in [0, 0.05) is 117 Å². The summed E-state index contributed by atoms with van der Waals surface area (Å²) in [5.74, 6) is 4.01. The number of Topliss-reactive ketones (excluding diaryl/α,β-unsaturated/α-hetero) is 1. The van der Waals surface area contributed by atoms with Crippen molar-refractivity contribution in [3.63, 3.8) is 0 Å². The number of ether oxygens (including phenoxy) is 2. The Balaban J connectivity index is 0.000000229. The summed E-state index contributed by atoms with van der Waals surface area (Å²) in [4.78, 5) is 130. The minimum absolute atomic E-state index is 0. The molecule has 12 rings (SSSR count). The molecule has 4 fully saturated rings. The van der Waals surface area contributed by atoms with Gasteiger partial charge in [0.1, 0.15) is 40.3 Å². The van der Waals surface area contributed by atoms with E-state index in [1.807, 2.05) is 0 Å². The van der Waals surface area contributed by atoms with Crippen molar-refractivity contribution in [2.45, 2.75) is 58.0 Å². The van der Waals surface area contributed by atoms with Crippen molar-refractivity contribution in [2.75, 3.05) is 81.2 Å².